The van der Waals surface area contributed by atoms with Crippen molar-refractivity contribution in [1.82, 2.24) is 10.2 Å². The minimum atomic E-state index is -0.294. The first-order valence-electron chi connectivity index (χ1n) is 4.30. The largest absolute Gasteiger partial charge is 0.299 e. The van der Waals surface area contributed by atoms with E-state index in [1.165, 1.54) is 0 Å². The van der Waals surface area contributed by atoms with Gasteiger partial charge < -0.3 is 0 Å². The Bertz CT molecular complexity index is 288. The summed E-state index contributed by atoms with van der Waals surface area (Å²) in [6.45, 7) is 5.73. The highest BCUT2D eigenvalue weighted by molar-refractivity contribution is 5.85. The second-order valence-electron chi connectivity index (χ2n) is 4.06. The van der Waals surface area contributed by atoms with Crippen molar-refractivity contribution in [2.75, 3.05) is 0 Å². The van der Waals surface area contributed by atoms with E-state index in [1.54, 1.807) is 12.3 Å². The van der Waals surface area contributed by atoms with Crippen LogP contribution in [0.5, 0.6) is 0 Å². The SMILES string of the molecule is CC(C)(C)C(=O)Cc1cccnn1. The molecule has 1 aromatic rings. The van der Waals surface area contributed by atoms with Gasteiger partial charge in [-0.2, -0.15) is 10.2 Å². The highest BCUT2D eigenvalue weighted by atomic mass is 16.1. The molecule has 1 aromatic heterocycles. The zero-order valence-electron chi connectivity index (χ0n) is 8.24. The molecule has 0 fully saturated rings. The van der Waals surface area contributed by atoms with E-state index >= 15 is 0 Å². The van der Waals surface area contributed by atoms with E-state index in [1.807, 2.05) is 26.8 Å². The first-order chi connectivity index (χ1) is 6.00. The number of carbonyl (C=O) groups excluding carboxylic acids is 1. The number of ketones is 1. The van der Waals surface area contributed by atoms with Crippen LogP contribution in [0.4, 0.5) is 0 Å². The van der Waals surface area contributed by atoms with Gasteiger partial charge in [-0.25, -0.2) is 0 Å². The van der Waals surface area contributed by atoms with E-state index in [0.29, 0.717) is 6.42 Å². The molecule has 70 valence electrons. The van der Waals surface area contributed by atoms with Gasteiger partial charge >= 0.3 is 0 Å². The fourth-order valence-electron chi connectivity index (χ4n) is 0.857. The Balaban J connectivity index is 2.66. The molecule has 3 heteroatoms. The summed E-state index contributed by atoms with van der Waals surface area (Å²) in [7, 11) is 0. The molecule has 0 aliphatic carbocycles. The van der Waals surface area contributed by atoms with Crippen molar-refractivity contribution in [2.24, 2.45) is 5.41 Å². The molecule has 0 saturated heterocycles. The Morgan fingerprint density at radius 1 is 1.46 bits per heavy atom. The molecule has 0 unspecified atom stereocenters. The lowest BCUT2D eigenvalue weighted by atomic mass is 9.88. The molecule has 3 nitrogen and oxygen atoms in total. The molecule has 0 saturated carbocycles. The molecular weight excluding hydrogens is 164 g/mol. The monoisotopic (exact) mass is 178 g/mol. The number of aromatic nitrogens is 2. The molecule has 0 atom stereocenters. The van der Waals surface area contributed by atoms with Crippen molar-refractivity contribution in [2.45, 2.75) is 27.2 Å². The van der Waals surface area contributed by atoms with E-state index in [2.05, 4.69) is 10.2 Å². The molecule has 0 bridgehead atoms. The predicted molar refractivity (Wildman–Crippen MR) is 50.2 cm³/mol. The summed E-state index contributed by atoms with van der Waals surface area (Å²) < 4.78 is 0. The van der Waals surface area contributed by atoms with Crippen LogP contribution in [0, 0.1) is 5.41 Å². The molecule has 0 aliphatic rings. The van der Waals surface area contributed by atoms with Gasteiger partial charge in [0.05, 0.1) is 12.1 Å². The van der Waals surface area contributed by atoms with Crippen LogP contribution < -0.4 is 0 Å². The highest BCUT2D eigenvalue weighted by Crippen LogP contribution is 2.16. The average Bonchev–Trinajstić information content (AvgIpc) is 2.04. The minimum absolute atomic E-state index is 0.188. The van der Waals surface area contributed by atoms with Gasteiger partial charge in [-0.1, -0.05) is 20.8 Å². The zero-order chi connectivity index (χ0) is 9.90. The summed E-state index contributed by atoms with van der Waals surface area (Å²) in [6, 6.07) is 3.61. The maximum atomic E-state index is 11.6. The van der Waals surface area contributed by atoms with Gasteiger partial charge in [0.25, 0.3) is 0 Å². The smallest absolute Gasteiger partial charge is 0.144 e. The maximum absolute atomic E-state index is 11.6. The van der Waals surface area contributed by atoms with Crippen molar-refractivity contribution < 1.29 is 4.79 Å². The summed E-state index contributed by atoms with van der Waals surface area (Å²) in [5.74, 6) is 0.188. The minimum Gasteiger partial charge on any atom is -0.299 e. The molecular formula is C10H14N2O. The lowest BCUT2D eigenvalue weighted by Gasteiger charge is -2.15. The molecule has 0 spiro atoms. The number of nitrogens with zero attached hydrogens (tertiary/aromatic N) is 2. The van der Waals surface area contributed by atoms with Crippen LogP contribution in [0.1, 0.15) is 26.5 Å². The lowest BCUT2D eigenvalue weighted by Crippen LogP contribution is -2.22. The Hall–Kier alpha value is -1.25. The van der Waals surface area contributed by atoms with E-state index in [0.717, 1.165) is 5.69 Å². The van der Waals surface area contributed by atoms with Crippen molar-refractivity contribution in [3.8, 4) is 0 Å². The fourth-order valence-corrected chi connectivity index (χ4v) is 0.857. The van der Waals surface area contributed by atoms with Crippen LogP contribution in [0.3, 0.4) is 0 Å². The van der Waals surface area contributed by atoms with E-state index < -0.39 is 0 Å². The van der Waals surface area contributed by atoms with Gasteiger partial charge in [-0.3, -0.25) is 4.79 Å². The second kappa shape index (κ2) is 3.64. The molecule has 1 heterocycles. The van der Waals surface area contributed by atoms with Gasteiger partial charge in [0.15, 0.2) is 0 Å². The second-order valence-corrected chi connectivity index (χ2v) is 4.06. The average molecular weight is 178 g/mol. The van der Waals surface area contributed by atoms with Crippen molar-refractivity contribution in [1.29, 1.82) is 0 Å². The van der Waals surface area contributed by atoms with Crippen LogP contribution in [-0.2, 0) is 11.2 Å². The third-order valence-corrected chi connectivity index (χ3v) is 1.81. The maximum Gasteiger partial charge on any atom is 0.144 e. The summed E-state index contributed by atoms with van der Waals surface area (Å²) in [6.07, 6.45) is 1.97. The first-order valence-corrected chi connectivity index (χ1v) is 4.30. The zero-order valence-corrected chi connectivity index (χ0v) is 8.24. The highest BCUT2D eigenvalue weighted by Gasteiger charge is 2.21. The van der Waals surface area contributed by atoms with E-state index in [-0.39, 0.29) is 11.2 Å². The quantitative estimate of drug-likeness (QED) is 0.691. The van der Waals surface area contributed by atoms with Crippen LogP contribution in [-0.4, -0.2) is 16.0 Å². The number of Topliss-reactive ketones (excluding diaryl/α,β-unsaturated/α-hetero) is 1. The number of carbonyl (C=O) groups is 1. The number of rotatable bonds is 2. The molecule has 1 rings (SSSR count). The Morgan fingerprint density at radius 3 is 2.62 bits per heavy atom. The Morgan fingerprint density at radius 2 is 2.15 bits per heavy atom. The number of hydrogen-bond acceptors (Lipinski definition) is 3. The van der Waals surface area contributed by atoms with Crippen molar-refractivity contribution >= 4 is 5.78 Å². The van der Waals surface area contributed by atoms with Gasteiger partial charge in [0, 0.05) is 11.6 Å². The third-order valence-electron chi connectivity index (χ3n) is 1.81. The van der Waals surface area contributed by atoms with E-state index in [4.69, 9.17) is 0 Å². The molecule has 13 heavy (non-hydrogen) atoms. The molecule has 0 aromatic carbocycles. The van der Waals surface area contributed by atoms with Crippen LogP contribution in [0.2, 0.25) is 0 Å². The summed E-state index contributed by atoms with van der Waals surface area (Å²) >= 11 is 0. The lowest BCUT2D eigenvalue weighted by molar-refractivity contribution is -0.125. The van der Waals surface area contributed by atoms with Gasteiger partial charge in [0.1, 0.15) is 5.78 Å². The van der Waals surface area contributed by atoms with Crippen LogP contribution >= 0.6 is 0 Å². The first kappa shape index (κ1) is 9.84. The van der Waals surface area contributed by atoms with Crippen LogP contribution in [0.25, 0.3) is 0 Å². The number of hydrogen-bond donors (Lipinski definition) is 0. The van der Waals surface area contributed by atoms with Gasteiger partial charge in [-0.15, -0.1) is 0 Å². The van der Waals surface area contributed by atoms with Crippen molar-refractivity contribution in [3.63, 3.8) is 0 Å². The predicted octanol–water partition coefficient (Wildman–Crippen LogP) is 1.63. The van der Waals surface area contributed by atoms with Gasteiger partial charge in [-0.05, 0) is 12.1 Å². The molecule has 0 radical (unpaired) electrons. The summed E-state index contributed by atoms with van der Waals surface area (Å²) in [5, 5.41) is 7.58. The summed E-state index contributed by atoms with van der Waals surface area (Å²) in [5.41, 5.74) is 0.444. The third kappa shape index (κ3) is 2.93. The van der Waals surface area contributed by atoms with E-state index in [9.17, 15) is 4.79 Å². The van der Waals surface area contributed by atoms with Crippen LogP contribution in [0.15, 0.2) is 18.3 Å². The molecule has 0 N–H and O–H groups in total. The Kier molecular flexibility index (Phi) is 2.76. The molecule has 0 amide bonds. The summed E-state index contributed by atoms with van der Waals surface area (Å²) in [4.78, 5) is 11.6. The van der Waals surface area contributed by atoms with Gasteiger partial charge in [0.2, 0.25) is 0 Å². The topological polar surface area (TPSA) is 42.9 Å². The van der Waals surface area contributed by atoms with Crippen molar-refractivity contribution in [3.05, 3.63) is 24.0 Å². The normalized spacial score (nSPS) is 11.3. The fraction of sp³-hybridized carbons (Fsp3) is 0.500. The molecule has 0 aliphatic heterocycles. The standard InChI is InChI=1S/C10H14N2O/c1-10(2,3)9(13)7-8-5-4-6-11-12-8/h4-6H,7H2,1-3H3. The Labute approximate surface area is 78.2 Å².